The second-order valence-corrected chi connectivity index (χ2v) is 9.31. The Labute approximate surface area is 179 Å². The summed E-state index contributed by atoms with van der Waals surface area (Å²) in [5.74, 6) is -0.339. The van der Waals surface area contributed by atoms with Crippen LogP contribution in [0.2, 0.25) is 0 Å². The highest BCUT2D eigenvalue weighted by Crippen LogP contribution is 2.44. The van der Waals surface area contributed by atoms with E-state index in [9.17, 15) is 19.5 Å². The van der Waals surface area contributed by atoms with E-state index in [2.05, 4.69) is 10.4 Å². The van der Waals surface area contributed by atoms with Gasteiger partial charge < -0.3 is 15.3 Å². The van der Waals surface area contributed by atoms with Crippen molar-refractivity contribution in [2.75, 3.05) is 6.54 Å². The normalized spacial score (nSPS) is 22.5. The van der Waals surface area contributed by atoms with Crippen LogP contribution in [0, 0.1) is 11.8 Å². The molecule has 2 aromatic rings. The topological polar surface area (TPSA) is 109 Å². The van der Waals surface area contributed by atoms with Gasteiger partial charge in [-0.1, -0.05) is 13.8 Å². The number of aromatic nitrogens is 3. The molecule has 3 heterocycles. The van der Waals surface area contributed by atoms with Crippen LogP contribution in [0.25, 0.3) is 11.7 Å². The largest absolute Gasteiger partial charge is 0.492 e. The smallest absolute Gasteiger partial charge is 0.270 e. The van der Waals surface area contributed by atoms with Crippen LogP contribution in [0.4, 0.5) is 0 Å². The molecule has 2 N–H and O–H groups in total. The van der Waals surface area contributed by atoms with Crippen molar-refractivity contribution in [1.29, 1.82) is 0 Å². The van der Waals surface area contributed by atoms with Gasteiger partial charge in [-0.2, -0.15) is 9.61 Å². The van der Waals surface area contributed by atoms with Crippen molar-refractivity contribution in [3.63, 3.8) is 0 Å². The Bertz CT molecular complexity index is 1160. The number of piperidine rings is 1. The summed E-state index contributed by atoms with van der Waals surface area (Å²) in [7, 11) is 0. The van der Waals surface area contributed by atoms with Crippen LogP contribution in [-0.2, 0) is 11.3 Å². The summed E-state index contributed by atoms with van der Waals surface area (Å²) in [6.45, 7) is 5.07. The van der Waals surface area contributed by atoms with Gasteiger partial charge in [-0.05, 0) is 43.6 Å². The molecule has 3 fully saturated rings. The number of carbonyl (C=O) groups is 2. The molecule has 2 aliphatic carbocycles. The first-order valence-electron chi connectivity index (χ1n) is 11.0. The molecule has 31 heavy (non-hydrogen) atoms. The van der Waals surface area contributed by atoms with E-state index < -0.39 is 17.3 Å². The van der Waals surface area contributed by atoms with Gasteiger partial charge in [0.25, 0.3) is 11.5 Å². The van der Waals surface area contributed by atoms with Gasteiger partial charge in [0.1, 0.15) is 5.65 Å². The van der Waals surface area contributed by atoms with Crippen LogP contribution < -0.4 is 10.9 Å². The van der Waals surface area contributed by atoms with E-state index in [1.165, 1.54) is 21.4 Å². The monoisotopic (exact) mass is 425 g/mol. The predicted octanol–water partition coefficient (Wildman–Crippen LogP) is 1.38. The maximum absolute atomic E-state index is 13.2. The number of hydrogen-bond donors (Lipinski definition) is 2. The highest BCUT2D eigenvalue weighted by molar-refractivity contribution is 5.97. The highest BCUT2D eigenvalue weighted by atomic mass is 16.3. The number of hydrogen-bond acceptors (Lipinski definition) is 5. The van der Waals surface area contributed by atoms with E-state index >= 15 is 0 Å². The Hall–Kier alpha value is -3.10. The molecule has 1 saturated heterocycles. The van der Waals surface area contributed by atoms with Gasteiger partial charge in [0.05, 0.1) is 6.20 Å². The summed E-state index contributed by atoms with van der Waals surface area (Å²) < 4.78 is 2.68. The number of likely N-dealkylation sites (tertiary alicyclic amines) is 1. The van der Waals surface area contributed by atoms with Crippen molar-refractivity contribution in [3.05, 3.63) is 33.8 Å². The number of fused-ring (bicyclic) bond motifs is 2. The first-order chi connectivity index (χ1) is 14.8. The molecule has 1 aliphatic heterocycles. The molecule has 9 nitrogen and oxygen atoms in total. The Morgan fingerprint density at radius 1 is 1.32 bits per heavy atom. The zero-order chi connectivity index (χ0) is 21.9. The molecular weight excluding hydrogens is 398 g/mol. The lowest BCUT2D eigenvalue weighted by molar-refractivity contribution is -0.125. The van der Waals surface area contributed by atoms with Crippen LogP contribution in [0.3, 0.4) is 0 Å². The van der Waals surface area contributed by atoms with Crippen LogP contribution in [0.15, 0.2) is 17.1 Å². The maximum atomic E-state index is 13.2. The second-order valence-electron chi connectivity index (χ2n) is 9.31. The van der Waals surface area contributed by atoms with Crippen LogP contribution >= 0.6 is 0 Å². The molecule has 2 unspecified atom stereocenters. The predicted molar refractivity (Wildman–Crippen MR) is 114 cm³/mol. The van der Waals surface area contributed by atoms with Crippen molar-refractivity contribution in [2.45, 2.75) is 58.2 Å². The van der Waals surface area contributed by atoms with Gasteiger partial charge in [-0.3, -0.25) is 19.0 Å². The SMILES string of the molecule is CC(C)Cn1c(=O)c(C(=O)NC2CC2)c(O)n2ncc(C=CC(=O)N3CCC4CC43)c12. The molecule has 5 rings (SSSR count). The average Bonchev–Trinajstić information content (AvgIpc) is 3.61. The first-order valence-corrected chi connectivity index (χ1v) is 11.0. The lowest BCUT2D eigenvalue weighted by Gasteiger charge is -2.16. The Balaban J connectivity index is 1.55. The Kier molecular flexibility index (Phi) is 4.64. The van der Waals surface area contributed by atoms with E-state index in [0.717, 1.165) is 32.2 Å². The van der Waals surface area contributed by atoms with E-state index in [1.807, 2.05) is 18.7 Å². The summed E-state index contributed by atoms with van der Waals surface area (Å²) >= 11 is 0. The molecule has 164 valence electrons. The van der Waals surface area contributed by atoms with E-state index in [4.69, 9.17) is 0 Å². The third kappa shape index (κ3) is 3.51. The standard InChI is InChI=1S/C22H27N5O4/c1-12(2)11-26-20-14(3-6-17(28)25-8-7-13-9-16(13)25)10-23-27(20)22(31)18(21(26)30)19(29)24-15-4-5-15/h3,6,10,12-13,15-16,31H,4-5,7-9,11H2,1-2H3,(H,24,29). The van der Waals surface area contributed by atoms with Gasteiger partial charge in [0.2, 0.25) is 11.8 Å². The number of rotatable bonds is 6. The van der Waals surface area contributed by atoms with Crippen molar-refractivity contribution < 1.29 is 14.7 Å². The lowest BCUT2D eigenvalue weighted by Crippen LogP contribution is -2.36. The van der Waals surface area contributed by atoms with Gasteiger partial charge >= 0.3 is 0 Å². The molecule has 0 radical (unpaired) electrons. The molecular formula is C22H27N5O4. The molecule has 2 aromatic heterocycles. The number of aromatic hydroxyl groups is 1. The van der Waals surface area contributed by atoms with E-state index in [1.54, 1.807) is 6.08 Å². The van der Waals surface area contributed by atoms with Crippen molar-refractivity contribution in [1.82, 2.24) is 24.4 Å². The fraction of sp³-hybridized carbons (Fsp3) is 0.545. The summed E-state index contributed by atoms with van der Waals surface area (Å²) in [4.78, 5) is 40.4. The summed E-state index contributed by atoms with van der Waals surface area (Å²) in [5.41, 5.74) is 0.0568. The van der Waals surface area contributed by atoms with Crippen LogP contribution in [-0.4, -0.2) is 54.6 Å². The molecule has 0 spiro atoms. The van der Waals surface area contributed by atoms with Crippen LogP contribution in [0.5, 0.6) is 5.88 Å². The minimum Gasteiger partial charge on any atom is -0.492 e. The second kappa shape index (κ2) is 7.25. The Morgan fingerprint density at radius 3 is 2.71 bits per heavy atom. The molecule has 9 heteroatoms. The molecule has 0 bridgehead atoms. The van der Waals surface area contributed by atoms with Gasteiger partial charge in [0, 0.05) is 36.8 Å². The number of amides is 2. The zero-order valence-corrected chi connectivity index (χ0v) is 17.7. The lowest BCUT2D eigenvalue weighted by atomic mass is 10.2. The van der Waals surface area contributed by atoms with E-state index in [-0.39, 0.29) is 23.4 Å². The van der Waals surface area contributed by atoms with Gasteiger partial charge in [-0.25, -0.2) is 0 Å². The fourth-order valence-corrected chi connectivity index (χ4v) is 4.47. The summed E-state index contributed by atoms with van der Waals surface area (Å²) in [6.07, 6.45) is 8.54. The van der Waals surface area contributed by atoms with Crippen LogP contribution in [0.1, 0.15) is 55.5 Å². The summed E-state index contributed by atoms with van der Waals surface area (Å²) in [6, 6.07) is 0.427. The van der Waals surface area contributed by atoms with Gasteiger partial charge in [-0.15, -0.1) is 0 Å². The number of carbonyl (C=O) groups excluding carboxylic acids is 2. The average molecular weight is 425 g/mol. The van der Waals surface area contributed by atoms with Gasteiger partial charge in [0.15, 0.2) is 5.56 Å². The Morgan fingerprint density at radius 2 is 2.10 bits per heavy atom. The fourth-order valence-electron chi connectivity index (χ4n) is 4.47. The molecule has 2 amide bonds. The van der Waals surface area contributed by atoms with Crippen molar-refractivity contribution in [3.8, 4) is 5.88 Å². The quantitative estimate of drug-likeness (QED) is 0.680. The molecule has 3 aliphatic rings. The third-order valence-electron chi connectivity index (χ3n) is 6.31. The summed E-state index contributed by atoms with van der Waals surface area (Å²) in [5, 5.41) is 17.7. The number of nitrogens with one attached hydrogen (secondary N) is 1. The zero-order valence-electron chi connectivity index (χ0n) is 17.7. The first kappa shape index (κ1) is 19.8. The molecule has 0 aromatic carbocycles. The molecule has 2 atom stereocenters. The van der Waals surface area contributed by atoms with E-state index in [0.29, 0.717) is 29.7 Å². The van der Waals surface area contributed by atoms with Crippen molar-refractivity contribution >= 4 is 23.5 Å². The molecule has 2 saturated carbocycles. The number of nitrogens with zero attached hydrogens (tertiary/aromatic N) is 4. The van der Waals surface area contributed by atoms with Crippen molar-refractivity contribution in [2.24, 2.45) is 11.8 Å². The third-order valence-corrected chi connectivity index (χ3v) is 6.31. The minimum absolute atomic E-state index is 0.0493. The minimum atomic E-state index is -0.583. The maximum Gasteiger partial charge on any atom is 0.270 e. The highest BCUT2D eigenvalue weighted by Gasteiger charge is 2.48.